The molecule has 5 heteroatoms. The van der Waals surface area contributed by atoms with Crippen molar-refractivity contribution in [3.63, 3.8) is 0 Å². The Labute approximate surface area is 176 Å². The van der Waals surface area contributed by atoms with E-state index in [0.717, 1.165) is 5.69 Å². The van der Waals surface area contributed by atoms with Crippen LogP contribution in [0.4, 0.5) is 5.69 Å². The molecule has 4 nitrogen and oxygen atoms in total. The van der Waals surface area contributed by atoms with E-state index in [1.165, 1.54) is 80.1 Å². The highest BCUT2D eigenvalue weighted by molar-refractivity contribution is 7.17. The van der Waals surface area contributed by atoms with Crippen LogP contribution in [0.15, 0.2) is 46.4 Å². The first kappa shape index (κ1) is 20.2. The minimum atomic E-state index is -0.206. The van der Waals surface area contributed by atoms with E-state index >= 15 is 0 Å². The van der Waals surface area contributed by atoms with Gasteiger partial charge in [0.1, 0.15) is 0 Å². The number of carbonyl (C=O) groups is 1. The lowest BCUT2D eigenvalue weighted by Crippen LogP contribution is -2.33. The summed E-state index contributed by atoms with van der Waals surface area (Å²) in [5.74, 6) is 0.746. The number of anilines is 1. The summed E-state index contributed by atoms with van der Waals surface area (Å²) in [5.41, 5.74) is 2.27. The van der Waals surface area contributed by atoms with E-state index in [0.29, 0.717) is 11.7 Å². The molecule has 3 heterocycles. The summed E-state index contributed by atoms with van der Waals surface area (Å²) in [6, 6.07) is 9.62. The quantitative estimate of drug-likeness (QED) is 0.431. The van der Waals surface area contributed by atoms with Gasteiger partial charge in [0.15, 0.2) is 5.76 Å². The number of thiophene rings is 1. The molecule has 0 atom stereocenters. The molecular formula is C24H30N2O2S. The average molecular weight is 411 g/mol. The molecule has 4 rings (SSSR count). The number of hydrogen-bond acceptors (Lipinski definition) is 4. The lowest BCUT2D eigenvalue weighted by molar-refractivity contribution is 0.0996. The number of furan rings is 1. The monoisotopic (exact) mass is 410 g/mol. The zero-order valence-corrected chi connectivity index (χ0v) is 18.0. The molecule has 0 saturated carbocycles. The molecule has 0 radical (unpaired) electrons. The van der Waals surface area contributed by atoms with Crippen LogP contribution in [0, 0.1) is 0 Å². The maximum Gasteiger partial charge on any atom is 0.291 e. The van der Waals surface area contributed by atoms with Gasteiger partial charge >= 0.3 is 0 Å². The molecule has 3 aromatic rings. The SMILES string of the molecule is CCCCCCN1CCC(c2csc3ccc(NC(=O)c4ccco4)cc23)CC1. The minimum Gasteiger partial charge on any atom is -0.459 e. The number of benzene rings is 1. The zero-order chi connectivity index (χ0) is 20.1. The van der Waals surface area contributed by atoms with E-state index in [1.54, 1.807) is 12.1 Å². The largest absolute Gasteiger partial charge is 0.459 e. The van der Waals surface area contributed by atoms with Gasteiger partial charge in [0, 0.05) is 10.4 Å². The number of fused-ring (bicyclic) bond motifs is 1. The lowest BCUT2D eigenvalue weighted by atomic mass is 9.89. The summed E-state index contributed by atoms with van der Waals surface area (Å²) in [6.07, 6.45) is 9.32. The molecule has 1 aliphatic rings. The van der Waals surface area contributed by atoms with Crippen molar-refractivity contribution in [1.29, 1.82) is 0 Å². The number of carbonyl (C=O) groups excluding carboxylic acids is 1. The Hall–Kier alpha value is -2.11. The number of rotatable bonds is 8. The van der Waals surface area contributed by atoms with Gasteiger partial charge in [0.05, 0.1) is 6.26 Å². The van der Waals surface area contributed by atoms with Gasteiger partial charge in [0.25, 0.3) is 5.91 Å². The number of amides is 1. The van der Waals surface area contributed by atoms with Crippen molar-refractivity contribution in [2.75, 3.05) is 25.0 Å². The van der Waals surface area contributed by atoms with E-state index < -0.39 is 0 Å². The van der Waals surface area contributed by atoms with Crippen LogP contribution in [0.5, 0.6) is 0 Å². The van der Waals surface area contributed by atoms with Crippen LogP contribution < -0.4 is 5.32 Å². The third-order valence-corrected chi connectivity index (χ3v) is 6.94. The first-order valence-corrected chi connectivity index (χ1v) is 11.7. The van der Waals surface area contributed by atoms with E-state index in [1.807, 2.05) is 17.4 Å². The molecular weight excluding hydrogens is 380 g/mol. The number of piperidine rings is 1. The molecule has 2 aromatic heterocycles. The number of unbranched alkanes of at least 4 members (excludes halogenated alkanes) is 3. The first-order chi connectivity index (χ1) is 14.2. The van der Waals surface area contributed by atoms with Crippen LogP contribution in [0.3, 0.4) is 0 Å². The topological polar surface area (TPSA) is 45.5 Å². The maximum absolute atomic E-state index is 12.3. The summed E-state index contributed by atoms with van der Waals surface area (Å²) < 4.78 is 6.49. The third kappa shape index (κ3) is 4.90. The van der Waals surface area contributed by atoms with Gasteiger partial charge in [-0.2, -0.15) is 0 Å². The van der Waals surface area contributed by atoms with Gasteiger partial charge in [-0.25, -0.2) is 0 Å². The fraction of sp³-hybridized carbons (Fsp3) is 0.458. The van der Waals surface area contributed by atoms with Crippen LogP contribution in [0.1, 0.15) is 67.5 Å². The van der Waals surface area contributed by atoms with Crippen LogP contribution in [0.25, 0.3) is 10.1 Å². The van der Waals surface area contributed by atoms with Crippen molar-refractivity contribution in [2.24, 2.45) is 0 Å². The molecule has 29 heavy (non-hydrogen) atoms. The van der Waals surface area contributed by atoms with Crippen molar-refractivity contribution in [2.45, 2.75) is 51.4 Å². The van der Waals surface area contributed by atoms with E-state index in [9.17, 15) is 4.79 Å². The Morgan fingerprint density at radius 1 is 1.21 bits per heavy atom. The van der Waals surface area contributed by atoms with Crippen molar-refractivity contribution in [3.8, 4) is 0 Å². The Balaban J connectivity index is 1.40. The summed E-state index contributed by atoms with van der Waals surface area (Å²) in [6.45, 7) is 5.91. The Morgan fingerprint density at radius 3 is 2.83 bits per heavy atom. The number of nitrogens with zero attached hydrogens (tertiary/aromatic N) is 1. The van der Waals surface area contributed by atoms with Gasteiger partial charge in [0.2, 0.25) is 0 Å². The van der Waals surface area contributed by atoms with Gasteiger partial charge in [-0.05, 0) is 91.5 Å². The van der Waals surface area contributed by atoms with E-state index in [2.05, 4.69) is 34.7 Å². The molecule has 1 N–H and O–H groups in total. The lowest BCUT2D eigenvalue weighted by Gasteiger charge is -2.32. The van der Waals surface area contributed by atoms with Gasteiger partial charge in [-0.15, -0.1) is 11.3 Å². The third-order valence-electron chi connectivity index (χ3n) is 5.96. The highest BCUT2D eigenvalue weighted by Gasteiger charge is 2.23. The number of hydrogen-bond donors (Lipinski definition) is 1. The van der Waals surface area contributed by atoms with Gasteiger partial charge < -0.3 is 14.6 Å². The van der Waals surface area contributed by atoms with Crippen LogP contribution >= 0.6 is 11.3 Å². The van der Waals surface area contributed by atoms with Crippen molar-refractivity contribution >= 4 is 33.0 Å². The highest BCUT2D eigenvalue weighted by atomic mass is 32.1. The molecule has 1 aromatic carbocycles. The average Bonchev–Trinajstić information content (AvgIpc) is 3.42. The Bertz CT molecular complexity index is 924. The van der Waals surface area contributed by atoms with E-state index in [-0.39, 0.29) is 5.91 Å². The number of nitrogens with one attached hydrogen (secondary N) is 1. The van der Waals surface area contributed by atoms with Crippen molar-refractivity contribution in [1.82, 2.24) is 4.90 Å². The molecule has 0 spiro atoms. The Kier molecular flexibility index (Phi) is 6.67. The number of likely N-dealkylation sites (tertiary alicyclic amines) is 1. The fourth-order valence-corrected chi connectivity index (χ4v) is 5.30. The zero-order valence-electron chi connectivity index (χ0n) is 17.2. The van der Waals surface area contributed by atoms with Crippen molar-refractivity contribution in [3.05, 3.63) is 53.3 Å². The second-order valence-electron chi connectivity index (χ2n) is 8.01. The summed E-state index contributed by atoms with van der Waals surface area (Å²) >= 11 is 1.81. The molecule has 1 amide bonds. The molecule has 154 valence electrons. The summed E-state index contributed by atoms with van der Waals surface area (Å²) in [7, 11) is 0. The molecule has 1 fully saturated rings. The predicted molar refractivity (Wildman–Crippen MR) is 121 cm³/mol. The molecule has 0 unspecified atom stereocenters. The van der Waals surface area contributed by atoms with Crippen LogP contribution in [-0.2, 0) is 0 Å². The van der Waals surface area contributed by atoms with Crippen LogP contribution in [-0.4, -0.2) is 30.4 Å². The minimum absolute atomic E-state index is 0.206. The van der Waals surface area contributed by atoms with Crippen LogP contribution in [0.2, 0.25) is 0 Å². The van der Waals surface area contributed by atoms with E-state index in [4.69, 9.17) is 4.42 Å². The van der Waals surface area contributed by atoms with Gasteiger partial charge in [-0.1, -0.05) is 26.2 Å². The molecule has 1 aliphatic heterocycles. The summed E-state index contributed by atoms with van der Waals surface area (Å²) in [4.78, 5) is 14.9. The standard InChI is InChI=1S/C24H30N2O2S/c1-2-3-4-5-12-26-13-10-18(11-14-26)21-17-29-23-9-8-19(16-20(21)23)25-24(27)22-7-6-15-28-22/h6-9,15-18H,2-5,10-14H2,1H3,(H,25,27). The Morgan fingerprint density at radius 2 is 2.07 bits per heavy atom. The second-order valence-corrected chi connectivity index (χ2v) is 8.92. The fourth-order valence-electron chi connectivity index (χ4n) is 4.27. The molecule has 0 aliphatic carbocycles. The summed E-state index contributed by atoms with van der Waals surface area (Å²) in [5, 5.41) is 6.57. The highest BCUT2D eigenvalue weighted by Crippen LogP contribution is 2.38. The smallest absolute Gasteiger partial charge is 0.291 e. The first-order valence-electron chi connectivity index (χ1n) is 10.8. The normalized spacial score (nSPS) is 15.8. The molecule has 0 bridgehead atoms. The van der Waals surface area contributed by atoms with Crippen molar-refractivity contribution < 1.29 is 9.21 Å². The molecule has 1 saturated heterocycles. The van der Waals surface area contributed by atoms with Gasteiger partial charge in [-0.3, -0.25) is 4.79 Å². The predicted octanol–water partition coefficient (Wildman–Crippen LogP) is 6.51. The maximum atomic E-state index is 12.3. The second kappa shape index (κ2) is 9.59.